The highest BCUT2D eigenvalue weighted by molar-refractivity contribution is 4.88. The molecule has 0 aliphatic heterocycles. The van der Waals surface area contributed by atoms with Crippen molar-refractivity contribution in [3.05, 3.63) is 0 Å². The van der Waals surface area contributed by atoms with Crippen molar-refractivity contribution >= 4 is 0 Å². The Kier molecular flexibility index (Phi) is 5.12. The van der Waals surface area contributed by atoms with E-state index in [4.69, 9.17) is 0 Å². The molecule has 2 aliphatic rings. The van der Waals surface area contributed by atoms with E-state index in [0.717, 1.165) is 35.8 Å². The summed E-state index contributed by atoms with van der Waals surface area (Å²) in [5, 5.41) is 4.05. The largest absolute Gasteiger partial charge is 0.311 e. The molecule has 0 bridgehead atoms. The van der Waals surface area contributed by atoms with E-state index in [9.17, 15) is 0 Å². The Morgan fingerprint density at radius 3 is 2.11 bits per heavy atom. The number of nitrogens with one attached hydrogen (secondary N) is 1. The van der Waals surface area contributed by atoms with Gasteiger partial charge in [0.05, 0.1) is 0 Å². The van der Waals surface area contributed by atoms with E-state index in [0.29, 0.717) is 0 Å². The predicted octanol–water partition coefficient (Wildman–Crippen LogP) is 4.62. The SMILES string of the molecule is CC1CC(C)CC(NC2CCCCC2C(C)C)C1. The Morgan fingerprint density at radius 1 is 0.889 bits per heavy atom. The van der Waals surface area contributed by atoms with E-state index in [-0.39, 0.29) is 0 Å². The molecule has 0 spiro atoms. The molecule has 106 valence electrons. The zero-order valence-corrected chi connectivity index (χ0v) is 12.9. The summed E-state index contributed by atoms with van der Waals surface area (Å²) in [5.74, 6) is 3.62. The molecule has 18 heavy (non-hydrogen) atoms. The molecule has 2 aliphatic carbocycles. The van der Waals surface area contributed by atoms with Crippen molar-refractivity contribution in [2.24, 2.45) is 23.7 Å². The maximum absolute atomic E-state index is 4.05. The van der Waals surface area contributed by atoms with Gasteiger partial charge in [-0.3, -0.25) is 0 Å². The summed E-state index contributed by atoms with van der Waals surface area (Å²) < 4.78 is 0. The van der Waals surface area contributed by atoms with Crippen LogP contribution in [-0.2, 0) is 0 Å². The van der Waals surface area contributed by atoms with Crippen molar-refractivity contribution in [1.29, 1.82) is 0 Å². The Labute approximate surface area is 114 Å². The second kappa shape index (κ2) is 6.41. The third-order valence-corrected chi connectivity index (χ3v) is 5.30. The smallest absolute Gasteiger partial charge is 0.0100 e. The molecule has 0 radical (unpaired) electrons. The minimum atomic E-state index is 0.799. The Hall–Kier alpha value is -0.0400. The fourth-order valence-electron chi connectivity index (χ4n) is 4.55. The Balaban J connectivity index is 1.90. The van der Waals surface area contributed by atoms with Gasteiger partial charge < -0.3 is 5.32 Å². The summed E-state index contributed by atoms with van der Waals surface area (Å²) in [6.07, 6.45) is 10.0. The van der Waals surface area contributed by atoms with Gasteiger partial charge in [-0.2, -0.15) is 0 Å². The average Bonchev–Trinajstić information content (AvgIpc) is 2.27. The normalized spacial score (nSPS) is 42.2. The van der Waals surface area contributed by atoms with Crippen LogP contribution < -0.4 is 5.32 Å². The molecule has 0 saturated heterocycles. The van der Waals surface area contributed by atoms with Gasteiger partial charge >= 0.3 is 0 Å². The molecule has 1 N–H and O–H groups in total. The summed E-state index contributed by atoms with van der Waals surface area (Å²) in [6.45, 7) is 9.70. The van der Waals surface area contributed by atoms with Crippen LogP contribution >= 0.6 is 0 Å². The van der Waals surface area contributed by atoms with Gasteiger partial charge in [-0.05, 0) is 55.8 Å². The molecule has 1 nitrogen and oxygen atoms in total. The minimum absolute atomic E-state index is 0.799. The van der Waals surface area contributed by atoms with Crippen molar-refractivity contribution in [2.45, 2.75) is 84.7 Å². The summed E-state index contributed by atoms with van der Waals surface area (Å²) in [4.78, 5) is 0. The van der Waals surface area contributed by atoms with Gasteiger partial charge in [0.1, 0.15) is 0 Å². The van der Waals surface area contributed by atoms with E-state index in [1.807, 2.05) is 0 Å². The quantitative estimate of drug-likeness (QED) is 0.772. The van der Waals surface area contributed by atoms with E-state index in [1.54, 1.807) is 0 Å². The standard InChI is InChI=1S/C17H33N/c1-12(2)16-7-5-6-8-17(16)18-15-10-13(3)9-14(4)11-15/h12-18H,5-11H2,1-4H3. The first kappa shape index (κ1) is 14.4. The van der Waals surface area contributed by atoms with Gasteiger partial charge in [-0.15, -0.1) is 0 Å². The van der Waals surface area contributed by atoms with E-state index in [1.165, 1.54) is 44.9 Å². The van der Waals surface area contributed by atoms with Gasteiger partial charge in [0, 0.05) is 12.1 Å². The Morgan fingerprint density at radius 2 is 1.50 bits per heavy atom. The zero-order valence-electron chi connectivity index (χ0n) is 12.9. The second-order valence-electron chi connectivity index (χ2n) is 7.58. The molecule has 0 amide bonds. The van der Waals surface area contributed by atoms with E-state index < -0.39 is 0 Å². The maximum Gasteiger partial charge on any atom is 0.0100 e. The average molecular weight is 251 g/mol. The maximum atomic E-state index is 4.05. The van der Waals surface area contributed by atoms with Gasteiger partial charge in [-0.25, -0.2) is 0 Å². The van der Waals surface area contributed by atoms with Gasteiger partial charge in [-0.1, -0.05) is 40.5 Å². The molecule has 2 saturated carbocycles. The summed E-state index contributed by atoms with van der Waals surface area (Å²) in [7, 11) is 0. The van der Waals surface area contributed by atoms with Crippen LogP contribution in [0.15, 0.2) is 0 Å². The lowest BCUT2D eigenvalue weighted by molar-refractivity contribution is 0.156. The van der Waals surface area contributed by atoms with E-state index >= 15 is 0 Å². The lowest BCUT2D eigenvalue weighted by atomic mass is 9.75. The third-order valence-electron chi connectivity index (χ3n) is 5.30. The molecular formula is C17H33N. The lowest BCUT2D eigenvalue weighted by Crippen LogP contribution is -2.48. The van der Waals surface area contributed by atoms with Crippen molar-refractivity contribution in [2.75, 3.05) is 0 Å². The zero-order chi connectivity index (χ0) is 13.1. The monoisotopic (exact) mass is 251 g/mol. The van der Waals surface area contributed by atoms with Crippen LogP contribution in [0.25, 0.3) is 0 Å². The summed E-state index contributed by atoms with van der Waals surface area (Å²) in [5.41, 5.74) is 0. The molecule has 0 aromatic heterocycles. The number of hydrogen-bond acceptors (Lipinski definition) is 1. The van der Waals surface area contributed by atoms with Crippen LogP contribution in [0.2, 0.25) is 0 Å². The molecule has 4 atom stereocenters. The van der Waals surface area contributed by atoms with Crippen LogP contribution in [0.5, 0.6) is 0 Å². The topological polar surface area (TPSA) is 12.0 Å². The molecule has 0 aromatic carbocycles. The highest BCUT2D eigenvalue weighted by atomic mass is 15.0. The van der Waals surface area contributed by atoms with Crippen LogP contribution in [0, 0.1) is 23.7 Å². The Bertz CT molecular complexity index is 238. The summed E-state index contributed by atoms with van der Waals surface area (Å²) in [6, 6.07) is 1.61. The second-order valence-corrected chi connectivity index (χ2v) is 7.58. The third kappa shape index (κ3) is 3.73. The number of rotatable bonds is 3. The molecule has 0 heterocycles. The first-order valence-electron chi connectivity index (χ1n) is 8.32. The fourth-order valence-corrected chi connectivity index (χ4v) is 4.55. The molecule has 1 heteroatoms. The first-order valence-corrected chi connectivity index (χ1v) is 8.32. The number of hydrogen-bond donors (Lipinski definition) is 1. The van der Waals surface area contributed by atoms with E-state index in [2.05, 4.69) is 33.0 Å². The first-order chi connectivity index (χ1) is 8.56. The van der Waals surface area contributed by atoms with Crippen molar-refractivity contribution in [3.8, 4) is 0 Å². The molecule has 0 aromatic rings. The minimum Gasteiger partial charge on any atom is -0.311 e. The van der Waals surface area contributed by atoms with Crippen LogP contribution in [0.1, 0.15) is 72.6 Å². The van der Waals surface area contributed by atoms with Gasteiger partial charge in [0.2, 0.25) is 0 Å². The van der Waals surface area contributed by atoms with Crippen LogP contribution in [0.4, 0.5) is 0 Å². The van der Waals surface area contributed by atoms with Gasteiger partial charge in [0.25, 0.3) is 0 Å². The predicted molar refractivity (Wildman–Crippen MR) is 79.7 cm³/mol. The highest BCUT2D eigenvalue weighted by Crippen LogP contribution is 2.33. The summed E-state index contributed by atoms with van der Waals surface area (Å²) >= 11 is 0. The molecule has 4 unspecified atom stereocenters. The van der Waals surface area contributed by atoms with Crippen molar-refractivity contribution < 1.29 is 0 Å². The van der Waals surface area contributed by atoms with Crippen LogP contribution in [0.3, 0.4) is 0 Å². The van der Waals surface area contributed by atoms with Crippen molar-refractivity contribution in [3.63, 3.8) is 0 Å². The van der Waals surface area contributed by atoms with Gasteiger partial charge in [0.15, 0.2) is 0 Å². The molecule has 2 fully saturated rings. The fraction of sp³-hybridized carbons (Fsp3) is 1.00. The van der Waals surface area contributed by atoms with Crippen molar-refractivity contribution in [1.82, 2.24) is 5.32 Å². The lowest BCUT2D eigenvalue weighted by Gasteiger charge is -2.40. The molecular weight excluding hydrogens is 218 g/mol. The molecule has 2 rings (SSSR count). The highest BCUT2D eigenvalue weighted by Gasteiger charge is 2.31. The van der Waals surface area contributed by atoms with Crippen LogP contribution in [-0.4, -0.2) is 12.1 Å².